The lowest BCUT2D eigenvalue weighted by Crippen LogP contribution is -2.49. The molecule has 0 aromatic heterocycles. The topological polar surface area (TPSA) is 58.9 Å². The fraction of sp³-hybridized carbons (Fsp3) is 0.562. The normalized spacial score (nSPS) is 29.8. The summed E-state index contributed by atoms with van der Waals surface area (Å²) in [4.78, 5) is 0. The summed E-state index contributed by atoms with van der Waals surface area (Å²) in [6.45, 7) is 9.50. The number of benzene rings is 1. The highest BCUT2D eigenvalue weighted by atomic mass is 16.5. The van der Waals surface area contributed by atoms with E-state index < -0.39 is 12.2 Å². The summed E-state index contributed by atoms with van der Waals surface area (Å²) in [5.74, 6) is 15.4. The molecule has 2 fully saturated rings. The summed E-state index contributed by atoms with van der Waals surface area (Å²) in [5, 5.41) is 21.2. The fourth-order valence-corrected chi connectivity index (χ4v) is 6.77. The Hall–Kier alpha value is -2.66. The van der Waals surface area contributed by atoms with E-state index >= 15 is 0 Å². The molecule has 7 rings (SSSR count). The SMILES string of the molecule is CC1(C)[C@H]2CC=C(C(O)C#CCOc3ccccc3OCC#CC(O)C3=CC[C@H]4C[C@@H]3C4(C)C)[C@@H]1C2. The highest BCUT2D eigenvalue weighted by Crippen LogP contribution is 2.60. The van der Waals surface area contributed by atoms with Crippen molar-refractivity contribution >= 4 is 0 Å². The number of hydrogen-bond acceptors (Lipinski definition) is 4. The Bertz CT molecular complexity index is 1090. The van der Waals surface area contributed by atoms with Crippen molar-refractivity contribution in [2.24, 2.45) is 34.5 Å². The van der Waals surface area contributed by atoms with E-state index in [0.717, 1.165) is 48.7 Å². The van der Waals surface area contributed by atoms with Crippen LogP contribution in [-0.4, -0.2) is 35.6 Å². The van der Waals surface area contributed by atoms with Gasteiger partial charge in [-0.1, -0.05) is 75.7 Å². The molecule has 190 valence electrons. The molecule has 0 aliphatic heterocycles. The van der Waals surface area contributed by atoms with E-state index in [0.29, 0.717) is 23.3 Å². The Morgan fingerprint density at radius 3 is 1.56 bits per heavy atom. The van der Waals surface area contributed by atoms with Gasteiger partial charge in [-0.3, -0.25) is 0 Å². The first-order valence-corrected chi connectivity index (χ1v) is 13.3. The third-order valence-corrected chi connectivity index (χ3v) is 9.58. The lowest BCUT2D eigenvalue weighted by molar-refractivity contribution is -0.0169. The molecule has 6 aliphatic carbocycles. The van der Waals surface area contributed by atoms with Crippen molar-refractivity contribution in [1.82, 2.24) is 0 Å². The summed E-state index contributed by atoms with van der Waals surface area (Å²) in [6, 6.07) is 7.42. The molecule has 2 unspecified atom stereocenters. The molecular weight excluding hydrogens is 448 g/mol. The first-order chi connectivity index (χ1) is 17.2. The van der Waals surface area contributed by atoms with Crippen LogP contribution in [0.2, 0.25) is 0 Å². The van der Waals surface area contributed by atoms with Crippen LogP contribution in [0.1, 0.15) is 53.4 Å². The molecule has 0 heterocycles. The van der Waals surface area contributed by atoms with Crippen molar-refractivity contribution in [1.29, 1.82) is 0 Å². The van der Waals surface area contributed by atoms with E-state index in [1.807, 2.05) is 24.3 Å². The van der Waals surface area contributed by atoms with Crippen LogP contribution >= 0.6 is 0 Å². The van der Waals surface area contributed by atoms with Crippen LogP contribution in [0.3, 0.4) is 0 Å². The minimum atomic E-state index is -0.733. The van der Waals surface area contributed by atoms with Gasteiger partial charge in [-0.2, -0.15) is 0 Å². The molecule has 4 nitrogen and oxygen atoms in total. The van der Waals surface area contributed by atoms with Crippen LogP contribution in [0.25, 0.3) is 0 Å². The maximum absolute atomic E-state index is 10.6. The number of para-hydroxylation sites is 2. The zero-order valence-corrected chi connectivity index (χ0v) is 21.9. The van der Waals surface area contributed by atoms with E-state index in [2.05, 4.69) is 63.5 Å². The third-order valence-electron chi connectivity index (χ3n) is 9.58. The minimum Gasteiger partial charge on any atom is -0.477 e. The second kappa shape index (κ2) is 9.66. The summed E-state index contributed by atoms with van der Waals surface area (Å²) in [6.07, 6.45) is 7.29. The predicted molar refractivity (Wildman–Crippen MR) is 141 cm³/mol. The van der Waals surface area contributed by atoms with E-state index in [1.54, 1.807) is 0 Å². The molecule has 2 N–H and O–H groups in total. The Morgan fingerprint density at radius 2 is 1.19 bits per heavy atom. The standard InChI is InChI=1S/C32H38O4/c1-31(2)21-13-15-23(25(31)19-21)27(33)9-7-17-35-29-11-5-6-12-30(29)36-18-8-10-28(34)24-16-14-22-20-26(24)32(22,3)4/h5-6,11-12,15-16,21-22,25-28,33-34H,13-14,17-20H2,1-4H3/t21-,22-,25-,26-,27?,28?/m0/s1. The number of rotatable bonds is 6. The Kier molecular flexibility index (Phi) is 6.71. The largest absolute Gasteiger partial charge is 0.477 e. The molecule has 36 heavy (non-hydrogen) atoms. The molecule has 0 amide bonds. The number of allylic oxidation sites excluding steroid dienone is 2. The van der Waals surface area contributed by atoms with Crippen molar-refractivity contribution in [3.63, 3.8) is 0 Å². The molecule has 0 saturated heterocycles. The average molecular weight is 487 g/mol. The zero-order valence-electron chi connectivity index (χ0n) is 21.9. The summed E-state index contributed by atoms with van der Waals surface area (Å²) >= 11 is 0. The van der Waals surface area contributed by atoms with Crippen molar-refractivity contribution in [2.75, 3.05) is 13.2 Å². The minimum absolute atomic E-state index is 0.165. The molecular formula is C32H38O4. The van der Waals surface area contributed by atoms with Crippen LogP contribution < -0.4 is 9.47 Å². The Labute approximate surface area is 215 Å². The van der Waals surface area contributed by atoms with Crippen LogP contribution in [-0.2, 0) is 0 Å². The zero-order chi connectivity index (χ0) is 25.5. The highest BCUT2D eigenvalue weighted by molar-refractivity contribution is 5.40. The van der Waals surface area contributed by atoms with Gasteiger partial charge in [-0.25, -0.2) is 0 Å². The number of aliphatic hydroxyl groups is 2. The Balaban J connectivity index is 1.12. The Morgan fingerprint density at radius 1 is 0.778 bits per heavy atom. The number of hydrogen-bond donors (Lipinski definition) is 2. The second-order valence-electron chi connectivity index (χ2n) is 12.0. The van der Waals surface area contributed by atoms with Crippen molar-refractivity contribution < 1.29 is 19.7 Å². The maximum Gasteiger partial charge on any atom is 0.162 e. The van der Waals surface area contributed by atoms with Gasteiger partial charge >= 0.3 is 0 Å². The van der Waals surface area contributed by atoms with Crippen molar-refractivity contribution in [2.45, 2.75) is 65.6 Å². The number of fused-ring (bicyclic) bond motifs is 2. The van der Waals surface area contributed by atoms with Crippen molar-refractivity contribution in [3.05, 3.63) is 47.6 Å². The van der Waals surface area contributed by atoms with Gasteiger partial charge in [-0.05, 0) is 83.5 Å². The van der Waals surface area contributed by atoms with E-state index in [4.69, 9.17) is 9.47 Å². The third kappa shape index (κ3) is 4.47. The fourth-order valence-electron chi connectivity index (χ4n) is 6.77. The smallest absolute Gasteiger partial charge is 0.162 e. The predicted octanol–water partition coefficient (Wildman–Crippen LogP) is 5.16. The molecule has 0 spiro atoms. The number of ether oxygens (including phenoxy) is 2. The second-order valence-corrected chi connectivity index (χ2v) is 12.0. The van der Waals surface area contributed by atoms with E-state index in [1.165, 1.54) is 0 Å². The molecule has 4 bridgehead atoms. The van der Waals surface area contributed by atoms with E-state index in [-0.39, 0.29) is 24.0 Å². The average Bonchev–Trinajstić information content (AvgIpc) is 2.89. The van der Waals surface area contributed by atoms with Gasteiger partial charge in [0.05, 0.1) is 0 Å². The van der Waals surface area contributed by atoms with Gasteiger partial charge in [0.1, 0.15) is 25.4 Å². The van der Waals surface area contributed by atoms with E-state index in [9.17, 15) is 10.2 Å². The molecule has 6 atom stereocenters. The quantitative estimate of drug-likeness (QED) is 0.431. The summed E-state index contributed by atoms with van der Waals surface area (Å²) in [7, 11) is 0. The van der Waals surface area contributed by atoms with Gasteiger partial charge in [0, 0.05) is 0 Å². The molecule has 6 aliphatic rings. The first-order valence-electron chi connectivity index (χ1n) is 13.3. The van der Waals surface area contributed by atoms with Gasteiger partial charge in [0.25, 0.3) is 0 Å². The van der Waals surface area contributed by atoms with Crippen molar-refractivity contribution in [3.8, 4) is 35.2 Å². The monoisotopic (exact) mass is 486 g/mol. The van der Waals surface area contributed by atoms with Gasteiger partial charge in [0.15, 0.2) is 11.5 Å². The van der Waals surface area contributed by atoms with Gasteiger partial charge in [0.2, 0.25) is 0 Å². The lowest BCUT2D eigenvalue weighted by Gasteiger charge is -2.56. The maximum atomic E-state index is 10.6. The molecule has 2 saturated carbocycles. The lowest BCUT2D eigenvalue weighted by atomic mass is 9.48. The molecule has 1 aromatic carbocycles. The summed E-state index contributed by atoms with van der Waals surface area (Å²) in [5.41, 5.74) is 2.68. The summed E-state index contributed by atoms with van der Waals surface area (Å²) < 4.78 is 11.7. The van der Waals surface area contributed by atoms with Crippen LogP contribution in [0.4, 0.5) is 0 Å². The molecule has 4 heteroatoms. The van der Waals surface area contributed by atoms with Gasteiger partial charge in [-0.15, -0.1) is 0 Å². The van der Waals surface area contributed by atoms with Gasteiger partial charge < -0.3 is 19.7 Å². The van der Waals surface area contributed by atoms with Crippen LogP contribution in [0, 0.1) is 58.2 Å². The first kappa shape index (κ1) is 25.0. The molecule has 0 radical (unpaired) electrons. The molecule has 1 aromatic rings. The van der Waals surface area contributed by atoms with Crippen LogP contribution in [0.5, 0.6) is 11.5 Å². The number of aliphatic hydroxyl groups excluding tert-OH is 2. The highest BCUT2D eigenvalue weighted by Gasteiger charge is 2.53. The van der Waals surface area contributed by atoms with Crippen LogP contribution in [0.15, 0.2) is 47.6 Å².